The zero-order valence-electron chi connectivity index (χ0n) is 15.1. The molecule has 2 heterocycles. The molecule has 1 aliphatic heterocycles. The highest BCUT2D eigenvalue weighted by atomic mass is 16.5. The first-order chi connectivity index (χ1) is 12.6. The van der Waals surface area contributed by atoms with Crippen molar-refractivity contribution < 1.29 is 19.0 Å². The third-order valence-corrected chi connectivity index (χ3v) is 4.55. The summed E-state index contributed by atoms with van der Waals surface area (Å²) in [6.07, 6.45) is 3.85. The molecular formula is C19H23N3O4. The number of hydrogen-bond acceptors (Lipinski definition) is 6. The minimum atomic E-state index is -0.513. The van der Waals surface area contributed by atoms with E-state index < -0.39 is 5.60 Å². The topological polar surface area (TPSA) is 73.8 Å². The SMILES string of the molecule is CO[C@@]1(COc2ccccc2C)CCN(C(=O)COc2ncccn2)C1. The molecule has 0 saturated carbocycles. The van der Waals surface area contributed by atoms with Gasteiger partial charge in [-0.25, -0.2) is 9.97 Å². The summed E-state index contributed by atoms with van der Waals surface area (Å²) in [5.41, 5.74) is 0.558. The lowest BCUT2D eigenvalue weighted by atomic mass is 10.0. The number of methoxy groups -OCH3 is 1. The van der Waals surface area contributed by atoms with Crippen molar-refractivity contribution in [2.45, 2.75) is 18.9 Å². The number of carbonyl (C=O) groups excluding carboxylic acids is 1. The number of hydrogen-bond donors (Lipinski definition) is 0. The van der Waals surface area contributed by atoms with Crippen molar-refractivity contribution in [1.82, 2.24) is 14.9 Å². The van der Waals surface area contributed by atoms with E-state index in [9.17, 15) is 4.79 Å². The predicted octanol–water partition coefficient (Wildman–Crippen LogP) is 1.86. The minimum absolute atomic E-state index is 0.0948. The molecule has 7 heteroatoms. The van der Waals surface area contributed by atoms with Crippen LogP contribution in [-0.2, 0) is 9.53 Å². The van der Waals surface area contributed by atoms with Crippen LogP contribution in [0.25, 0.3) is 0 Å². The van der Waals surface area contributed by atoms with Crippen molar-refractivity contribution in [1.29, 1.82) is 0 Å². The summed E-state index contributed by atoms with van der Waals surface area (Å²) < 4.78 is 17.0. The maximum atomic E-state index is 12.4. The molecule has 1 aromatic heterocycles. The largest absolute Gasteiger partial charge is 0.490 e. The second-order valence-corrected chi connectivity index (χ2v) is 6.33. The Morgan fingerprint density at radius 3 is 2.69 bits per heavy atom. The molecule has 7 nitrogen and oxygen atoms in total. The van der Waals surface area contributed by atoms with Gasteiger partial charge >= 0.3 is 6.01 Å². The average molecular weight is 357 g/mol. The number of benzene rings is 1. The van der Waals surface area contributed by atoms with Crippen molar-refractivity contribution in [3.05, 3.63) is 48.3 Å². The van der Waals surface area contributed by atoms with Crippen LogP contribution in [0.5, 0.6) is 11.8 Å². The standard InChI is InChI=1S/C19H23N3O4/c1-15-6-3-4-7-16(15)26-14-19(24-2)8-11-22(13-19)17(23)12-25-18-20-9-5-10-21-18/h3-7,9-10H,8,11-14H2,1-2H3/t19-/m0/s1. The van der Waals surface area contributed by atoms with Crippen molar-refractivity contribution in [2.24, 2.45) is 0 Å². The number of para-hydroxylation sites is 1. The third-order valence-electron chi connectivity index (χ3n) is 4.55. The Bertz CT molecular complexity index is 741. The van der Waals surface area contributed by atoms with Gasteiger partial charge in [-0.05, 0) is 31.0 Å². The van der Waals surface area contributed by atoms with Gasteiger partial charge in [0.05, 0.1) is 6.54 Å². The molecule has 0 aliphatic carbocycles. The van der Waals surface area contributed by atoms with Gasteiger partial charge in [-0.3, -0.25) is 4.79 Å². The molecule has 0 spiro atoms. The summed E-state index contributed by atoms with van der Waals surface area (Å²) >= 11 is 0. The van der Waals surface area contributed by atoms with Crippen molar-refractivity contribution >= 4 is 5.91 Å². The third kappa shape index (κ3) is 4.29. The maximum absolute atomic E-state index is 12.4. The Morgan fingerprint density at radius 2 is 1.96 bits per heavy atom. The van der Waals surface area contributed by atoms with E-state index >= 15 is 0 Å². The van der Waals surface area contributed by atoms with Gasteiger partial charge in [0.15, 0.2) is 6.61 Å². The van der Waals surface area contributed by atoms with E-state index in [0.29, 0.717) is 26.1 Å². The van der Waals surface area contributed by atoms with Gasteiger partial charge < -0.3 is 19.1 Å². The van der Waals surface area contributed by atoms with Crippen LogP contribution in [0.4, 0.5) is 0 Å². The van der Waals surface area contributed by atoms with Crippen molar-refractivity contribution in [2.75, 3.05) is 33.4 Å². The Kier molecular flexibility index (Phi) is 5.68. The molecule has 0 unspecified atom stereocenters. The van der Waals surface area contributed by atoms with Gasteiger partial charge in [0, 0.05) is 26.0 Å². The average Bonchev–Trinajstić information content (AvgIpc) is 3.11. The zero-order valence-corrected chi connectivity index (χ0v) is 15.1. The summed E-state index contributed by atoms with van der Waals surface area (Å²) in [5.74, 6) is 0.713. The fourth-order valence-electron chi connectivity index (χ4n) is 2.91. The highest BCUT2D eigenvalue weighted by molar-refractivity contribution is 5.78. The van der Waals surface area contributed by atoms with Crippen LogP contribution in [0.3, 0.4) is 0 Å². The molecular weight excluding hydrogens is 334 g/mol. The first-order valence-electron chi connectivity index (χ1n) is 8.53. The summed E-state index contributed by atoms with van der Waals surface area (Å²) in [5, 5.41) is 0. The second kappa shape index (κ2) is 8.14. The van der Waals surface area contributed by atoms with E-state index in [0.717, 1.165) is 11.3 Å². The van der Waals surface area contributed by atoms with Crippen LogP contribution in [-0.4, -0.2) is 59.8 Å². The van der Waals surface area contributed by atoms with E-state index in [1.165, 1.54) is 0 Å². The Hall–Kier alpha value is -2.67. The summed E-state index contributed by atoms with van der Waals surface area (Å²) in [6.45, 7) is 3.36. The van der Waals surface area contributed by atoms with E-state index in [1.54, 1.807) is 30.5 Å². The molecule has 1 saturated heterocycles. The van der Waals surface area contributed by atoms with Crippen molar-refractivity contribution in [3.63, 3.8) is 0 Å². The quantitative estimate of drug-likeness (QED) is 0.753. The van der Waals surface area contributed by atoms with Crippen molar-refractivity contribution in [3.8, 4) is 11.8 Å². The van der Waals surface area contributed by atoms with Crippen LogP contribution in [0.2, 0.25) is 0 Å². The van der Waals surface area contributed by atoms with Crippen LogP contribution in [0.15, 0.2) is 42.7 Å². The maximum Gasteiger partial charge on any atom is 0.316 e. The van der Waals surface area contributed by atoms with Gasteiger partial charge in [-0.15, -0.1) is 0 Å². The highest BCUT2D eigenvalue weighted by Crippen LogP contribution is 2.27. The molecule has 0 radical (unpaired) electrons. The highest BCUT2D eigenvalue weighted by Gasteiger charge is 2.41. The molecule has 3 rings (SSSR count). The van der Waals surface area contributed by atoms with Gasteiger partial charge in [0.25, 0.3) is 5.91 Å². The smallest absolute Gasteiger partial charge is 0.316 e. The molecule has 138 valence electrons. The lowest BCUT2D eigenvalue weighted by Gasteiger charge is -2.28. The molecule has 1 atom stereocenters. The summed E-state index contributed by atoms with van der Waals surface area (Å²) in [6, 6.07) is 9.74. The first-order valence-corrected chi connectivity index (χ1v) is 8.53. The molecule has 1 aromatic carbocycles. The number of nitrogens with zero attached hydrogens (tertiary/aromatic N) is 3. The zero-order chi connectivity index (χ0) is 18.4. The Balaban J connectivity index is 1.54. The van der Waals surface area contributed by atoms with Gasteiger partial charge in [0.1, 0.15) is 18.0 Å². The number of carbonyl (C=O) groups is 1. The number of ether oxygens (including phenoxy) is 3. The van der Waals surface area contributed by atoms with E-state index in [4.69, 9.17) is 14.2 Å². The number of aryl methyl sites for hydroxylation is 1. The molecule has 2 aromatic rings. The molecule has 0 N–H and O–H groups in total. The normalized spacial score (nSPS) is 19.4. The Labute approximate surface area is 152 Å². The first kappa shape index (κ1) is 18.1. The monoisotopic (exact) mass is 357 g/mol. The number of aromatic nitrogens is 2. The van der Waals surface area contributed by atoms with Crippen LogP contribution >= 0.6 is 0 Å². The molecule has 1 fully saturated rings. The summed E-state index contributed by atoms with van der Waals surface area (Å²) in [7, 11) is 1.66. The molecule has 26 heavy (non-hydrogen) atoms. The van der Waals surface area contributed by atoms with E-state index in [-0.39, 0.29) is 18.5 Å². The lowest BCUT2D eigenvalue weighted by molar-refractivity contribution is -0.134. The van der Waals surface area contributed by atoms with Crippen LogP contribution in [0, 0.1) is 6.92 Å². The van der Waals surface area contributed by atoms with Crippen LogP contribution < -0.4 is 9.47 Å². The molecule has 1 aliphatic rings. The minimum Gasteiger partial charge on any atom is -0.490 e. The van der Waals surface area contributed by atoms with E-state index in [2.05, 4.69) is 9.97 Å². The Morgan fingerprint density at radius 1 is 1.19 bits per heavy atom. The van der Waals surface area contributed by atoms with E-state index in [1.807, 2.05) is 31.2 Å². The van der Waals surface area contributed by atoms with Gasteiger partial charge in [-0.1, -0.05) is 18.2 Å². The number of amides is 1. The van der Waals surface area contributed by atoms with Gasteiger partial charge in [-0.2, -0.15) is 0 Å². The van der Waals surface area contributed by atoms with Gasteiger partial charge in [0.2, 0.25) is 0 Å². The second-order valence-electron chi connectivity index (χ2n) is 6.33. The lowest BCUT2D eigenvalue weighted by Crippen LogP contribution is -2.43. The number of likely N-dealkylation sites (tertiary alicyclic amines) is 1. The van der Waals surface area contributed by atoms with Crippen LogP contribution in [0.1, 0.15) is 12.0 Å². The fourth-order valence-corrected chi connectivity index (χ4v) is 2.91. The fraction of sp³-hybridized carbons (Fsp3) is 0.421. The number of rotatable bonds is 7. The predicted molar refractivity (Wildman–Crippen MR) is 95.1 cm³/mol. The summed E-state index contributed by atoms with van der Waals surface area (Å²) in [4.78, 5) is 22.0. The molecule has 0 bridgehead atoms. The molecule has 1 amide bonds.